The van der Waals surface area contributed by atoms with Crippen LogP contribution >= 0.6 is 23.4 Å². The Kier molecular flexibility index (Phi) is 7.09. The molecule has 0 atom stereocenters. The van der Waals surface area contributed by atoms with Crippen molar-refractivity contribution < 1.29 is 9.53 Å². The zero-order valence-corrected chi connectivity index (χ0v) is 19.0. The lowest BCUT2D eigenvalue weighted by atomic mass is 10.3. The summed E-state index contributed by atoms with van der Waals surface area (Å²) in [4.78, 5) is 14.4. The monoisotopic (exact) mass is 464 g/mol. The predicted octanol–water partition coefficient (Wildman–Crippen LogP) is 5.25. The second kappa shape index (κ2) is 10.3. The molecule has 0 aliphatic rings. The molecule has 0 saturated carbocycles. The van der Waals surface area contributed by atoms with Crippen LogP contribution in [0.4, 0.5) is 5.69 Å². The van der Waals surface area contributed by atoms with Gasteiger partial charge in [0.05, 0.1) is 10.8 Å². The van der Waals surface area contributed by atoms with Gasteiger partial charge in [-0.15, -0.1) is 10.2 Å². The molecule has 1 amide bonds. The number of thioether (sulfide) groups is 1. The van der Waals surface area contributed by atoms with Crippen molar-refractivity contribution in [1.82, 2.24) is 14.8 Å². The first-order valence-electron chi connectivity index (χ1n) is 9.95. The van der Waals surface area contributed by atoms with Crippen molar-refractivity contribution in [2.24, 2.45) is 0 Å². The number of para-hydroxylation sites is 3. The summed E-state index contributed by atoms with van der Waals surface area (Å²) < 4.78 is 7.78. The molecule has 1 aromatic heterocycles. The summed E-state index contributed by atoms with van der Waals surface area (Å²) in [5.74, 6) is 1.38. The molecule has 3 aromatic carbocycles. The fourth-order valence-corrected chi connectivity index (χ4v) is 4.12. The Bertz CT molecular complexity index is 1190. The first-order valence-corrected chi connectivity index (χ1v) is 11.3. The number of halogens is 1. The maximum atomic E-state index is 12.7. The van der Waals surface area contributed by atoms with Gasteiger partial charge in [0.15, 0.2) is 11.0 Å². The van der Waals surface area contributed by atoms with Crippen LogP contribution in [0.5, 0.6) is 5.75 Å². The van der Waals surface area contributed by atoms with Gasteiger partial charge in [0.25, 0.3) is 0 Å². The van der Waals surface area contributed by atoms with Gasteiger partial charge in [-0.2, -0.15) is 0 Å². The zero-order valence-electron chi connectivity index (χ0n) is 17.4. The summed E-state index contributed by atoms with van der Waals surface area (Å²) >= 11 is 7.54. The lowest BCUT2D eigenvalue weighted by Crippen LogP contribution is -2.27. The Morgan fingerprint density at radius 2 is 1.62 bits per heavy atom. The molecule has 0 aliphatic heterocycles. The van der Waals surface area contributed by atoms with E-state index in [1.807, 2.05) is 77.4 Å². The summed E-state index contributed by atoms with van der Waals surface area (Å²) in [6.45, 7) is 0.185. The Balaban J connectivity index is 1.53. The molecule has 32 heavy (non-hydrogen) atoms. The summed E-state index contributed by atoms with van der Waals surface area (Å²) in [5, 5.41) is 9.79. The quantitative estimate of drug-likeness (QED) is 0.333. The van der Waals surface area contributed by atoms with Gasteiger partial charge in [0, 0.05) is 18.4 Å². The Morgan fingerprint density at radius 1 is 0.969 bits per heavy atom. The highest BCUT2D eigenvalue weighted by Gasteiger charge is 2.18. The van der Waals surface area contributed by atoms with Crippen molar-refractivity contribution in [2.45, 2.75) is 11.8 Å². The van der Waals surface area contributed by atoms with Crippen LogP contribution < -0.4 is 9.64 Å². The molecule has 4 aromatic rings. The van der Waals surface area contributed by atoms with Crippen molar-refractivity contribution in [3.63, 3.8) is 0 Å². The van der Waals surface area contributed by atoms with Gasteiger partial charge >= 0.3 is 0 Å². The number of aromatic nitrogens is 3. The third-order valence-electron chi connectivity index (χ3n) is 4.75. The largest absolute Gasteiger partial charge is 0.484 e. The Hall–Kier alpha value is -3.29. The number of ether oxygens (including phenoxy) is 1. The van der Waals surface area contributed by atoms with E-state index in [0.717, 1.165) is 11.4 Å². The summed E-state index contributed by atoms with van der Waals surface area (Å²) in [5.41, 5.74) is 1.73. The number of benzene rings is 3. The summed E-state index contributed by atoms with van der Waals surface area (Å²) in [6, 6.07) is 26.6. The smallest absolute Gasteiger partial charge is 0.237 e. The van der Waals surface area contributed by atoms with E-state index < -0.39 is 0 Å². The highest BCUT2D eigenvalue weighted by molar-refractivity contribution is 7.99. The summed E-state index contributed by atoms with van der Waals surface area (Å²) in [6.07, 6.45) is 0. The van der Waals surface area contributed by atoms with Crippen molar-refractivity contribution in [3.05, 3.63) is 95.8 Å². The maximum Gasteiger partial charge on any atom is 0.237 e. The summed E-state index contributed by atoms with van der Waals surface area (Å²) in [7, 11) is 1.77. The minimum atomic E-state index is -0.0299. The molecule has 0 unspecified atom stereocenters. The molecular weight excluding hydrogens is 444 g/mol. The molecule has 0 bridgehead atoms. The van der Waals surface area contributed by atoms with Gasteiger partial charge in [0.1, 0.15) is 12.4 Å². The van der Waals surface area contributed by atoms with E-state index in [9.17, 15) is 4.79 Å². The minimum Gasteiger partial charge on any atom is -0.484 e. The molecule has 162 valence electrons. The zero-order chi connectivity index (χ0) is 22.3. The van der Waals surface area contributed by atoms with Gasteiger partial charge in [0.2, 0.25) is 5.91 Å². The van der Waals surface area contributed by atoms with E-state index in [4.69, 9.17) is 16.3 Å². The number of anilines is 1. The van der Waals surface area contributed by atoms with E-state index in [2.05, 4.69) is 10.2 Å². The average molecular weight is 465 g/mol. The number of amides is 1. The van der Waals surface area contributed by atoms with Gasteiger partial charge in [-0.25, -0.2) is 0 Å². The lowest BCUT2D eigenvalue weighted by molar-refractivity contribution is -0.115. The Labute approximate surface area is 195 Å². The standard InChI is InChI=1S/C24H21ClN4O2S/c1-28(18-10-4-2-5-11-18)23(30)17-32-24-27-26-22(29(24)19-12-6-3-7-13-19)16-31-21-15-9-8-14-20(21)25/h2-15H,16-17H2,1H3. The molecular formula is C24H21ClN4O2S. The highest BCUT2D eigenvalue weighted by Crippen LogP contribution is 2.26. The molecule has 0 aliphatic carbocycles. The van der Waals surface area contributed by atoms with Crippen LogP contribution in [0.25, 0.3) is 5.69 Å². The second-order valence-electron chi connectivity index (χ2n) is 6.87. The molecule has 0 saturated heterocycles. The molecule has 8 heteroatoms. The average Bonchev–Trinajstić information content (AvgIpc) is 3.25. The molecule has 0 spiro atoms. The van der Waals surface area contributed by atoms with Gasteiger partial charge < -0.3 is 9.64 Å². The van der Waals surface area contributed by atoms with Crippen LogP contribution in [0, 0.1) is 0 Å². The van der Waals surface area contributed by atoms with Crippen molar-refractivity contribution in [1.29, 1.82) is 0 Å². The first-order chi connectivity index (χ1) is 15.6. The van der Waals surface area contributed by atoms with Gasteiger partial charge in [-0.05, 0) is 36.4 Å². The number of rotatable bonds is 8. The van der Waals surface area contributed by atoms with Crippen LogP contribution in [-0.2, 0) is 11.4 Å². The molecule has 6 nitrogen and oxygen atoms in total. The maximum absolute atomic E-state index is 12.7. The van der Waals surface area contributed by atoms with Crippen molar-refractivity contribution in [3.8, 4) is 11.4 Å². The van der Waals surface area contributed by atoms with Crippen LogP contribution in [0.1, 0.15) is 5.82 Å². The van der Waals surface area contributed by atoms with Crippen molar-refractivity contribution >= 4 is 35.0 Å². The van der Waals surface area contributed by atoms with Crippen molar-refractivity contribution in [2.75, 3.05) is 17.7 Å². The normalized spacial score (nSPS) is 10.7. The van der Waals surface area contributed by atoms with Crippen LogP contribution in [0.15, 0.2) is 90.1 Å². The molecule has 4 rings (SSSR count). The molecule has 1 heterocycles. The van der Waals surface area contributed by atoms with Gasteiger partial charge in [-0.3, -0.25) is 9.36 Å². The van der Waals surface area contributed by atoms with E-state index in [0.29, 0.717) is 21.8 Å². The third-order valence-corrected chi connectivity index (χ3v) is 5.98. The minimum absolute atomic E-state index is 0.0299. The number of carbonyl (C=O) groups is 1. The lowest BCUT2D eigenvalue weighted by Gasteiger charge is -2.17. The van der Waals surface area contributed by atoms with Crippen LogP contribution in [0.3, 0.4) is 0 Å². The predicted molar refractivity (Wildman–Crippen MR) is 128 cm³/mol. The molecule has 0 radical (unpaired) electrons. The number of carbonyl (C=O) groups excluding carboxylic acids is 1. The van der Waals surface area contributed by atoms with E-state index in [-0.39, 0.29) is 18.3 Å². The molecule has 0 fully saturated rings. The van der Waals surface area contributed by atoms with E-state index in [1.165, 1.54) is 11.8 Å². The topological polar surface area (TPSA) is 60.3 Å². The first kappa shape index (κ1) is 21.9. The second-order valence-corrected chi connectivity index (χ2v) is 8.22. The molecule has 0 N–H and O–H groups in total. The van der Waals surface area contributed by atoms with Gasteiger partial charge in [-0.1, -0.05) is 71.9 Å². The fourth-order valence-electron chi connectivity index (χ4n) is 3.05. The fraction of sp³-hybridized carbons (Fsp3) is 0.125. The SMILES string of the molecule is CN(C(=O)CSc1nnc(COc2ccccc2Cl)n1-c1ccccc1)c1ccccc1. The number of nitrogens with zero attached hydrogens (tertiary/aromatic N) is 4. The highest BCUT2D eigenvalue weighted by atomic mass is 35.5. The van der Waals surface area contributed by atoms with Crippen LogP contribution in [0.2, 0.25) is 5.02 Å². The number of hydrogen-bond donors (Lipinski definition) is 0. The Morgan fingerprint density at radius 3 is 2.34 bits per heavy atom. The van der Waals surface area contributed by atoms with Crippen LogP contribution in [-0.4, -0.2) is 33.5 Å². The van der Waals surface area contributed by atoms with E-state index in [1.54, 1.807) is 24.1 Å². The third kappa shape index (κ3) is 5.12. The van der Waals surface area contributed by atoms with E-state index >= 15 is 0 Å². The number of hydrogen-bond acceptors (Lipinski definition) is 5.